The number of nitrogens with one attached hydrogen (secondary N) is 1. The van der Waals surface area contributed by atoms with Gasteiger partial charge >= 0.3 is 0 Å². The lowest BCUT2D eigenvalue weighted by Gasteiger charge is -2.43. The van der Waals surface area contributed by atoms with Crippen LogP contribution in [-0.2, 0) is 4.74 Å². The Morgan fingerprint density at radius 1 is 1.28 bits per heavy atom. The Bertz CT molecular complexity index is 405. The molecule has 0 saturated heterocycles. The first kappa shape index (κ1) is 13.4. The van der Waals surface area contributed by atoms with E-state index in [1.807, 2.05) is 20.0 Å². The van der Waals surface area contributed by atoms with E-state index in [0.29, 0.717) is 6.04 Å². The number of rotatable bonds is 5. The fraction of sp³-hybridized carbons (Fsp3) is 0.600. The van der Waals surface area contributed by atoms with Crippen LogP contribution in [0.4, 0.5) is 0 Å². The molecule has 3 nitrogen and oxygen atoms in total. The maximum Gasteiger partial charge on any atom is 0.128 e. The lowest BCUT2D eigenvalue weighted by atomic mass is 9.85. The van der Waals surface area contributed by atoms with Crippen molar-refractivity contribution >= 4 is 0 Å². The van der Waals surface area contributed by atoms with Crippen molar-refractivity contribution in [3.05, 3.63) is 29.3 Å². The number of likely N-dealkylation sites (N-methyl/N-ethyl adjacent to an activating group) is 1. The number of hydrogen-bond acceptors (Lipinski definition) is 3. The fourth-order valence-electron chi connectivity index (χ4n) is 2.36. The van der Waals surface area contributed by atoms with Crippen LogP contribution in [0.2, 0.25) is 0 Å². The Kier molecular flexibility index (Phi) is 4.25. The molecule has 1 aliphatic rings. The van der Waals surface area contributed by atoms with Gasteiger partial charge in [-0.2, -0.15) is 0 Å². The SMILES string of the molecule is CCOC1C(NC)CC1Oc1ccc(C)c(C)c1. The Morgan fingerprint density at radius 3 is 2.67 bits per heavy atom. The number of ether oxygens (including phenoxy) is 2. The van der Waals surface area contributed by atoms with Crippen LogP contribution in [0.15, 0.2) is 18.2 Å². The third kappa shape index (κ3) is 2.68. The third-order valence-corrected chi connectivity index (χ3v) is 3.74. The molecule has 1 N–H and O–H groups in total. The first-order chi connectivity index (χ1) is 8.65. The molecule has 100 valence electrons. The predicted octanol–water partition coefficient (Wildman–Crippen LogP) is 2.45. The van der Waals surface area contributed by atoms with Crippen LogP contribution < -0.4 is 10.1 Å². The van der Waals surface area contributed by atoms with E-state index in [-0.39, 0.29) is 12.2 Å². The van der Waals surface area contributed by atoms with Gasteiger partial charge in [0.05, 0.1) is 0 Å². The molecule has 0 heterocycles. The summed E-state index contributed by atoms with van der Waals surface area (Å²) >= 11 is 0. The highest BCUT2D eigenvalue weighted by atomic mass is 16.5. The molecule has 1 aromatic carbocycles. The average Bonchev–Trinajstić information content (AvgIpc) is 2.35. The van der Waals surface area contributed by atoms with E-state index in [9.17, 15) is 0 Å². The van der Waals surface area contributed by atoms with Gasteiger partial charge in [-0.25, -0.2) is 0 Å². The second-order valence-corrected chi connectivity index (χ2v) is 4.95. The second-order valence-electron chi connectivity index (χ2n) is 4.95. The highest BCUT2D eigenvalue weighted by molar-refractivity contribution is 5.34. The molecule has 1 fully saturated rings. The van der Waals surface area contributed by atoms with Crippen molar-refractivity contribution in [2.45, 2.75) is 45.4 Å². The summed E-state index contributed by atoms with van der Waals surface area (Å²) in [5.41, 5.74) is 2.57. The van der Waals surface area contributed by atoms with Crippen molar-refractivity contribution in [2.75, 3.05) is 13.7 Å². The molecule has 1 saturated carbocycles. The van der Waals surface area contributed by atoms with Crippen molar-refractivity contribution in [1.29, 1.82) is 0 Å². The molecule has 2 rings (SSSR count). The van der Waals surface area contributed by atoms with Gasteiger partial charge in [0.2, 0.25) is 0 Å². The monoisotopic (exact) mass is 249 g/mol. The summed E-state index contributed by atoms with van der Waals surface area (Å²) in [4.78, 5) is 0. The lowest BCUT2D eigenvalue weighted by molar-refractivity contribution is -0.103. The van der Waals surface area contributed by atoms with E-state index >= 15 is 0 Å². The zero-order valence-electron chi connectivity index (χ0n) is 11.7. The highest BCUT2D eigenvalue weighted by Crippen LogP contribution is 2.29. The van der Waals surface area contributed by atoms with Crippen LogP contribution in [0.3, 0.4) is 0 Å². The highest BCUT2D eigenvalue weighted by Gasteiger charge is 2.42. The maximum atomic E-state index is 6.02. The van der Waals surface area contributed by atoms with Gasteiger partial charge in [0.25, 0.3) is 0 Å². The Morgan fingerprint density at radius 2 is 2.06 bits per heavy atom. The van der Waals surface area contributed by atoms with Crippen LogP contribution in [0.5, 0.6) is 5.75 Å². The van der Waals surface area contributed by atoms with Gasteiger partial charge in [0.1, 0.15) is 18.0 Å². The van der Waals surface area contributed by atoms with Crippen LogP contribution >= 0.6 is 0 Å². The minimum absolute atomic E-state index is 0.168. The number of aryl methyl sites for hydroxylation is 2. The van der Waals surface area contributed by atoms with E-state index in [4.69, 9.17) is 9.47 Å². The summed E-state index contributed by atoms with van der Waals surface area (Å²) < 4.78 is 11.8. The minimum atomic E-state index is 0.168. The maximum absolute atomic E-state index is 6.02. The molecule has 0 bridgehead atoms. The smallest absolute Gasteiger partial charge is 0.128 e. The third-order valence-electron chi connectivity index (χ3n) is 3.74. The van der Waals surface area contributed by atoms with Gasteiger partial charge in [-0.05, 0) is 51.1 Å². The zero-order valence-corrected chi connectivity index (χ0v) is 11.7. The normalized spacial score (nSPS) is 26.8. The summed E-state index contributed by atoms with van der Waals surface area (Å²) in [7, 11) is 1.98. The minimum Gasteiger partial charge on any atom is -0.488 e. The van der Waals surface area contributed by atoms with Crippen molar-refractivity contribution in [1.82, 2.24) is 5.32 Å². The van der Waals surface area contributed by atoms with Crippen molar-refractivity contribution < 1.29 is 9.47 Å². The van der Waals surface area contributed by atoms with Crippen molar-refractivity contribution in [2.24, 2.45) is 0 Å². The van der Waals surface area contributed by atoms with Gasteiger partial charge in [-0.3, -0.25) is 0 Å². The van der Waals surface area contributed by atoms with Crippen LogP contribution in [0.1, 0.15) is 24.5 Å². The quantitative estimate of drug-likeness (QED) is 0.869. The molecular weight excluding hydrogens is 226 g/mol. The molecule has 1 aliphatic carbocycles. The number of benzene rings is 1. The first-order valence-electron chi connectivity index (χ1n) is 6.68. The second kappa shape index (κ2) is 5.72. The van der Waals surface area contributed by atoms with Crippen LogP contribution in [0.25, 0.3) is 0 Å². The molecule has 1 aromatic rings. The Labute approximate surface area is 109 Å². The summed E-state index contributed by atoms with van der Waals surface area (Å²) in [6, 6.07) is 6.67. The van der Waals surface area contributed by atoms with E-state index in [1.54, 1.807) is 0 Å². The van der Waals surface area contributed by atoms with Gasteiger partial charge in [-0.1, -0.05) is 6.07 Å². The van der Waals surface area contributed by atoms with E-state index in [0.717, 1.165) is 18.8 Å². The Hall–Kier alpha value is -1.06. The molecule has 0 radical (unpaired) electrons. The van der Waals surface area contributed by atoms with Crippen LogP contribution in [0, 0.1) is 13.8 Å². The van der Waals surface area contributed by atoms with E-state index in [2.05, 4.69) is 31.3 Å². The summed E-state index contributed by atoms with van der Waals surface area (Å²) in [6.45, 7) is 6.98. The summed E-state index contributed by atoms with van der Waals surface area (Å²) in [5, 5.41) is 3.27. The molecule has 3 heteroatoms. The topological polar surface area (TPSA) is 30.5 Å². The molecule has 0 aromatic heterocycles. The molecule has 18 heavy (non-hydrogen) atoms. The van der Waals surface area contributed by atoms with Gasteiger partial charge in [0, 0.05) is 19.1 Å². The molecule has 3 atom stereocenters. The molecule has 0 aliphatic heterocycles. The summed E-state index contributed by atoms with van der Waals surface area (Å²) in [6.07, 6.45) is 1.35. The Balaban J connectivity index is 1.99. The van der Waals surface area contributed by atoms with E-state index in [1.165, 1.54) is 11.1 Å². The largest absolute Gasteiger partial charge is 0.488 e. The van der Waals surface area contributed by atoms with Gasteiger partial charge < -0.3 is 14.8 Å². The van der Waals surface area contributed by atoms with Crippen molar-refractivity contribution in [3.63, 3.8) is 0 Å². The van der Waals surface area contributed by atoms with E-state index < -0.39 is 0 Å². The lowest BCUT2D eigenvalue weighted by Crippen LogP contribution is -2.60. The summed E-state index contributed by atoms with van der Waals surface area (Å²) in [5.74, 6) is 0.947. The number of hydrogen-bond donors (Lipinski definition) is 1. The fourth-order valence-corrected chi connectivity index (χ4v) is 2.36. The molecule has 0 spiro atoms. The average molecular weight is 249 g/mol. The predicted molar refractivity (Wildman–Crippen MR) is 73.2 cm³/mol. The van der Waals surface area contributed by atoms with Crippen LogP contribution in [-0.4, -0.2) is 31.9 Å². The first-order valence-corrected chi connectivity index (χ1v) is 6.68. The zero-order chi connectivity index (χ0) is 13.1. The standard InChI is InChI=1S/C15H23NO2/c1-5-17-15-13(16-4)9-14(15)18-12-7-6-10(2)11(3)8-12/h6-8,13-16H,5,9H2,1-4H3. The molecule has 3 unspecified atom stereocenters. The van der Waals surface area contributed by atoms with Gasteiger partial charge in [0.15, 0.2) is 0 Å². The van der Waals surface area contributed by atoms with Crippen molar-refractivity contribution in [3.8, 4) is 5.75 Å². The van der Waals surface area contributed by atoms with Gasteiger partial charge in [-0.15, -0.1) is 0 Å². The molecule has 0 amide bonds. The molecular formula is C15H23NO2.